The van der Waals surface area contributed by atoms with Gasteiger partial charge in [-0.05, 0) is 26.7 Å². The zero-order valence-electron chi connectivity index (χ0n) is 11.0. The van der Waals surface area contributed by atoms with Crippen LogP contribution in [0.5, 0.6) is 0 Å². The average molecular weight is 258 g/mol. The van der Waals surface area contributed by atoms with Crippen molar-refractivity contribution in [1.29, 1.82) is 0 Å². The second-order valence-corrected chi connectivity index (χ2v) is 4.81. The topological polar surface area (TPSA) is 92.9 Å². The van der Waals surface area contributed by atoms with Crippen LogP contribution in [-0.4, -0.2) is 53.2 Å². The molecule has 1 rings (SSSR count). The van der Waals surface area contributed by atoms with Crippen LogP contribution in [0, 0.1) is 0 Å². The van der Waals surface area contributed by atoms with Crippen LogP contribution >= 0.6 is 0 Å². The highest BCUT2D eigenvalue weighted by molar-refractivity contribution is 5.87. The summed E-state index contributed by atoms with van der Waals surface area (Å²) in [6, 6.07) is -0.344. The maximum Gasteiger partial charge on any atom is 0.305 e. The first kappa shape index (κ1) is 14.9. The Labute approximate surface area is 107 Å². The number of aliphatic carboxylic acids is 1. The molecule has 0 radical (unpaired) electrons. The van der Waals surface area contributed by atoms with Crippen LogP contribution in [-0.2, 0) is 14.3 Å². The molecule has 0 aromatic carbocycles. The maximum atomic E-state index is 12.4. The molecule has 0 bridgehead atoms. The van der Waals surface area contributed by atoms with Gasteiger partial charge in [-0.2, -0.15) is 0 Å². The first-order chi connectivity index (χ1) is 8.40. The fraction of sp³-hybridized carbons (Fsp3) is 0.833. The number of nitrogens with two attached hydrogens (primary N) is 1. The number of ether oxygens (including phenoxy) is 1. The molecule has 1 aliphatic rings. The Morgan fingerprint density at radius 2 is 2.00 bits per heavy atom. The molecule has 0 aliphatic carbocycles. The van der Waals surface area contributed by atoms with Gasteiger partial charge in [0.1, 0.15) is 0 Å². The SMILES string of the molecule is CCN(C(=O)C1(N)CCOCC1)C(C)CC(=O)O. The molecule has 1 amide bonds. The van der Waals surface area contributed by atoms with E-state index in [2.05, 4.69) is 0 Å². The zero-order chi connectivity index (χ0) is 13.8. The van der Waals surface area contributed by atoms with E-state index in [0.29, 0.717) is 32.6 Å². The minimum absolute atomic E-state index is 0.0633. The summed E-state index contributed by atoms with van der Waals surface area (Å²) < 4.78 is 5.21. The first-order valence-electron chi connectivity index (χ1n) is 6.30. The van der Waals surface area contributed by atoms with Crippen molar-refractivity contribution in [3.63, 3.8) is 0 Å². The fourth-order valence-corrected chi connectivity index (χ4v) is 2.25. The van der Waals surface area contributed by atoms with Crippen molar-refractivity contribution < 1.29 is 19.4 Å². The molecule has 104 valence electrons. The van der Waals surface area contributed by atoms with E-state index >= 15 is 0 Å². The van der Waals surface area contributed by atoms with E-state index in [0.717, 1.165) is 0 Å². The predicted octanol–water partition coefficient (Wildman–Crippen LogP) is 0.206. The van der Waals surface area contributed by atoms with Crippen LogP contribution in [0.4, 0.5) is 0 Å². The molecule has 1 unspecified atom stereocenters. The molecule has 0 saturated carbocycles. The Morgan fingerprint density at radius 1 is 1.44 bits per heavy atom. The molecule has 1 aliphatic heterocycles. The summed E-state index contributed by atoms with van der Waals surface area (Å²) in [6.07, 6.45) is 0.913. The normalized spacial score (nSPS) is 20.2. The molecular formula is C12H22N2O4. The third kappa shape index (κ3) is 3.43. The minimum Gasteiger partial charge on any atom is -0.481 e. The summed E-state index contributed by atoms with van der Waals surface area (Å²) in [7, 11) is 0. The summed E-state index contributed by atoms with van der Waals surface area (Å²) in [4.78, 5) is 24.7. The molecule has 3 N–H and O–H groups in total. The lowest BCUT2D eigenvalue weighted by Gasteiger charge is -2.38. The highest BCUT2D eigenvalue weighted by atomic mass is 16.5. The van der Waals surface area contributed by atoms with Crippen molar-refractivity contribution in [2.75, 3.05) is 19.8 Å². The Morgan fingerprint density at radius 3 is 2.44 bits per heavy atom. The molecular weight excluding hydrogens is 236 g/mol. The van der Waals surface area contributed by atoms with Crippen LogP contribution in [0.1, 0.15) is 33.1 Å². The van der Waals surface area contributed by atoms with Gasteiger partial charge in [0.2, 0.25) is 5.91 Å². The molecule has 1 atom stereocenters. The average Bonchev–Trinajstić information content (AvgIpc) is 2.29. The Kier molecular flexibility index (Phi) is 5.10. The number of likely N-dealkylation sites (N-methyl/N-ethyl adjacent to an activating group) is 1. The Balaban J connectivity index is 2.74. The van der Waals surface area contributed by atoms with Crippen LogP contribution in [0.3, 0.4) is 0 Å². The van der Waals surface area contributed by atoms with Crippen LogP contribution in [0.2, 0.25) is 0 Å². The van der Waals surface area contributed by atoms with Crippen LogP contribution < -0.4 is 5.73 Å². The fourth-order valence-electron chi connectivity index (χ4n) is 2.25. The highest BCUT2D eigenvalue weighted by Gasteiger charge is 2.39. The zero-order valence-corrected chi connectivity index (χ0v) is 11.0. The van der Waals surface area contributed by atoms with Crippen molar-refractivity contribution in [2.45, 2.75) is 44.7 Å². The van der Waals surface area contributed by atoms with Gasteiger partial charge in [0, 0.05) is 25.8 Å². The van der Waals surface area contributed by atoms with Crippen molar-refractivity contribution in [1.82, 2.24) is 4.90 Å². The molecule has 1 fully saturated rings. The largest absolute Gasteiger partial charge is 0.481 e. The van der Waals surface area contributed by atoms with E-state index in [1.807, 2.05) is 6.92 Å². The number of hydrogen-bond acceptors (Lipinski definition) is 4. The number of carbonyl (C=O) groups is 2. The van der Waals surface area contributed by atoms with Crippen LogP contribution in [0.25, 0.3) is 0 Å². The molecule has 6 heteroatoms. The molecule has 6 nitrogen and oxygen atoms in total. The van der Waals surface area contributed by atoms with E-state index in [-0.39, 0.29) is 18.4 Å². The summed E-state index contributed by atoms with van der Waals surface area (Å²) in [5.74, 6) is -1.08. The number of carbonyl (C=O) groups excluding carboxylic acids is 1. The van der Waals surface area contributed by atoms with E-state index in [1.54, 1.807) is 11.8 Å². The van der Waals surface area contributed by atoms with Gasteiger partial charge in [-0.15, -0.1) is 0 Å². The molecule has 1 saturated heterocycles. The van der Waals surface area contributed by atoms with Gasteiger partial charge in [0.05, 0.1) is 12.0 Å². The Bertz CT molecular complexity index is 313. The van der Waals surface area contributed by atoms with Gasteiger partial charge in [-0.3, -0.25) is 9.59 Å². The van der Waals surface area contributed by atoms with Gasteiger partial charge < -0.3 is 20.5 Å². The quantitative estimate of drug-likeness (QED) is 0.735. The second-order valence-electron chi connectivity index (χ2n) is 4.81. The molecule has 0 aromatic rings. The molecule has 18 heavy (non-hydrogen) atoms. The summed E-state index contributed by atoms with van der Waals surface area (Å²) in [5.41, 5.74) is 5.23. The standard InChI is InChI=1S/C12H22N2O4/c1-3-14(9(2)8-10(15)16)11(17)12(13)4-6-18-7-5-12/h9H,3-8,13H2,1-2H3,(H,15,16). The lowest BCUT2D eigenvalue weighted by Crippen LogP contribution is -2.59. The minimum atomic E-state index is -0.910. The molecule has 0 aromatic heterocycles. The van der Waals surface area contributed by atoms with Crippen molar-refractivity contribution in [3.05, 3.63) is 0 Å². The van der Waals surface area contributed by atoms with Crippen molar-refractivity contribution in [2.24, 2.45) is 5.73 Å². The summed E-state index contributed by atoms with van der Waals surface area (Å²) in [6.45, 7) is 4.99. The second kappa shape index (κ2) is 6.15. The van der Waals surface area contributed by atoms with E-state index in [1.165, 1.54) is 0 Å². The summed E-state index contributed by atoms with van der Waals surface area (Å²) in [5, 5.41) is 8.80. The number of rotatable bonds is 5. The number of hydrogen-bond donors (Lipinski definition) is 2. The third-order valence-electron chi connectivity index (χ3n) is 3.41. The van der Waals surface area contributed by atoms with E-state index in [9.17, 15) is 9.59 Å². The Hall–Kier alpha value is -1.14. The highest BCUT2D eigenvalue weighted by Crippen LogP contribution is 2.22. The molecule has 0 spiro atoms. The number of amides is 1. The number of carboxylic acids is 1. The maximum absolute atomic E-state index is 12.4. The van der Waals surface area contributed by atoms with E-state index < -0.39 is 11.5 Å². The molecule has 1 heterocycles. The first-order valence-corrected chi connectivity index (χ1v) is 6.30. The van der Waals surface area contributed by atoms with Gasteiger partial charge in [0.15, 0.2) is 0 Å². The van der Waals surface area contributed by atoms with Crippen molar-refractivity contribution >= 4 is 11.9 Å². The van der Waals surface area contributed by atoms with E-state index in [4.69, 9.17) is 15.6 Å². The van der Waals surface area contributed by atoms with Crippen LogP contribution in [0.15, 0.2) is 0 Å². The predicted molar refractivity (Wildman–Crippen MR) is 66.1 cm³/mol. The van der Waals surface area contributed by atoms with Gasteiger partial charge >= 0.3 is 5.97 Å². The monoisotopic (exact) mass is 258 g/mol. The van der Waals surface area contributed by atoms with Gasteiger partial charge in [0.25, 0.3) is 0 Å². The lowest BCUT2D eigenvalue weighted by atomic mass is 9.89. The van der Waals surface area contributed by atoms with Gasteiger partial charge in [-0.1, -0.05) is 0 Å². The van der Waals surface area contributed by atoms with Crippen molar-refractivity contribution in [3.8, 4) is 0 Å². The number of carboxylic acid groups (broad SMARTS) is 1. The number of nitrogens with zero attached hydrogens (tertiary/aromatic N) is 1. The smallest absolute Gasteiger partial charge is 0.305 e. The third-order valence-corrected chi connectivity index (χ3v) is 3.41. The van der Waals surface area contributed by atoms with Gasteiger partial charge in [-0.25, -0.2) is 0 Å². The summed E-state index contributed by atoms with van der Waals surface area (Å²) >= 11 is 0. The lowest BCUT2D eigenvalue weighted by molar-refractivity contribution is -0.145.